The zero-order valence-electron chi connectivity index (χ0n) is 15.0. The lowest BCUT2D eigenvalue weighted by Crippen LogP contribution is -1.80. The Kier molecular flexibility index (Phi) is 3.74. The summed E-state index contributed by atoms with van der Waals surface area (Å²) in [4.78, 5) is 0. The first kappa shape index (κ1) is 16.3. The Bertz CT molecular complexity index is 1280. The highest BCUT2D eigenvalue weighted by atomic mass is 31.1. The maximum absolute atomic E-state index is 6.46. The van der Waals surface area contributed by atoms with Crippen molar-refractivity contribution in [3.8, 4) is 0 Å². The van der Waals surface area contributed by atoms with Crippen molar-refractivity contribution in [2.75, 3.05) is 0 Å². The first-order chi connectivity index (χ1) is 13.8. The standard InChI is InChI=1S/C25H16O2P/c1-3-9-19-15-24-22(13-17(19)7-1)23-14-18-8-2-4-10-20(18)16-25(23)27-28(26-24)21-11-5-6-12-21/h1-16H. The van der Waals surface area contributed by atoms with Crippen LogP contribution < -0.4 is 0 Å². The minimum Gasteiger partial charge on any atom is -0.419 e. The van der Waals surface area contributed by atoms with E-state index in [1.165, 1.54) is 21.5 Å². The van der Waals surface area contributed by atoms with E-state index in [0.717, 1.165) is 27.6 Å². The van der Waals surface area contributed by atoms with Crippen LogP contribution in [0.3, 0.4) is 0 Å². The molecule has 0 saturated heterocycles. The summed E-state index contributed by atoms with van der Waals surface area (Å²) in [6, 6.07) is 25.5. The van der Waals surface area contributed by atoms with Gasteiger partial charge in [-0.05, 0) is 71.5 Å². The van der Waals surface area contributed by atoms with E-state index in [0.29, 0.717) is 0 Å². The minimum atomic E-state index is -1.24. The lowest BCUT2D eigenvalue weighted by atomic mass is 10.0. The number of hydrogen-bond donors (Lipinski definition) is 0. The van der Waals surface area contributed by atoms with Crippen molar-refractivity contribution in [1.29, 1.82) is 0 Å². The molecule has 0 bridgehead atoms. The largest absolute Gasteiger partial charge is 0.419 e. The van der Waals surface area contributed by atoms with Crippen molar-refractivity contribution in [2.24, 2.45) is 0 Å². The summed E-state index contributed by atoms with van der Waals surface area (Å²) in [5.74, 6) is 0. The molecule has 4 aromatic carbocycles. The second-order valence-electron chi connectivity index (χ2n) is 6.97. The summed E-state index contributed by atoms with van der Waals surface area (Å²) in [5, 5.41) is 6.89. The number of benzene rings is 4. The van der Waals surface area contributed by atoms with Crippen molar-refractivity contribution in [3.63, 3.8) is 0 Å². The van der Waals surface area contributed by atoms with Crippen LogP contribution >= 0.6 is 8.01 Å². The van der Waals surface area contributed by atoms with Gasteiger partial charge in [-0.3, -0.25) is 0 Å². The molecule has 1 aromatic heterocycles. The monoisotopic (exact) mass is 379 g/mol. The highest BCUT2D eigenvalue weighted by Crippen LogP contribution is 2.49. The molecule has 5 radical (unpaired) electrons. The number of hydrogen-bond acceptors (Lipinski definition) is 2. The normalized spacial score (nSPS) is 15.1. The predicted molar refractivity (Wildman–Crippen MR) is 117 cm³/mol. The summed E-state index contributed by atoms with van der Waals surface area (Å²) in [5.41, 5.74) is 2.83. The van der Waals surface area contributed by atoms with Crippen LogP contribution in [0.2, 0.25) is 0 Å². The molecule has 6 rings (SSSR count). The molecule has 28 heavy (non-hydrogen) atoms. The first-order valence-electron chi connectivity index (χ1n) is 9.29. The molecule has 5 aromatic rings. The maximum Gasteiger partial charge on any atom is 0.225 e. The van der Waals surface area contributed by atoms with Gasteiger partial charge in [0.25, 0.3) is 0 Å². The van der Waals surface area contributed by atoms with Gasteiger partial charge in [0.2, 0.25) is 8.01 Å². The Hall–Kier alpha value is -2.70. The summed E-state index contributed by atoms with van der Waals surface area (Å²) in [6.45, 7) is 0. The van der Waals surface area contributed by atoms with E-state index < -0.39 is 8.01 Å². The van der Waals surface area contributed by atoms with Gasteiger partial charge in [-0.1, -0.05) is 48.5 Å². The van der Waals surface area contributed by atoms with Gasteiger partial charge in [-0.2, -0.15) is 0 Å². The maximum atomic E-state index is 6.46. The molecule has 0 atom stereocenters. The van der Waals surface area contributed by atoms with E-state index in [1.54, 1.807) is 0 Å². The molecular formula is C25H16O2P. The Morgan fingerprint density at radius 2 is 0.964 bits per heavy atom. The van der Waals surface area contributed by atoms with Gasteiger partial charge in [0.05, 0.1) is 5.66 Å². The van der Waals surface area contributed by atoms with Gasteiger partial charge in [-0.15, -0.1) is 0 Å². The molecular weight excluding hydrogens is 363 g/mol. The van der Waals surface area contributed by atoms with Crippen LogP contribution in [0.5, 0.6) is 0 Å². The minimum absolute atomic E-state index is 0.875. The van der Waals surface area contributed by atoms with Crippen LogP contribution in [0.25, 0.3) is 43.5 Å². The van der Waals surface area contributed by atoms with Gasteiger partial charge in [-0.25, -0.2) is 0 Å². The van der Waals surface area contributed by atoms with Crippen molar-refractivity contribution >= 4 is 51.5 Å². The third-order valence-corrected chi connectivity index (χ3v) is 6.65. The first-order valence-corrected chi connectivity index (χ1v) is 10.5. The molecule has 1 saturated carbocycles. The van der Waals surface area contributed by atoms with Crippen molar-refractivity contribution in [2.45, 2.75) is 0 Å². The van der Waals surface area contributed by atoms with Crippen molar-refractivity contribution in [3.05, 3.63) is 104 Å². The molecule has 133 valence electrons. The van der Waals surface area contributed by atoms with E-state index in [4.69, 9.17) is 8.39 Å². The van der Waals surface area contributed by atoms with E-state index in [-0.39, 0.29) is 0 Å². The van der Waals surface area contributed by atoms with Crippen LogP contribution in [-0.4, -0.2) is 0 Å². The Morgan fingerprint density at radius 3 is 1.43 bits per heavy atom. The van der Waals surface area contributed by atoms with Crippen LogP contribution in [-0.2, 0) is 0 Å². The van der Waals surface area contributed by atoms with Gasteiger partial charge >= 0.3 is 0 Å². The summed E-state index contributed by atoms with van der Waals surface area (Å²) in [7, 11) is -1.24. The topological polar surface area (TPSA) is 26.3 Å². The van der Waals surface area contributed by atoms with Gasteiger partial charge in [0.15, 0.2) is 0 Å². The van der Waals surface area contributed by atoms with Gasteiger partial charge in [0.1, 0.15) is 11.2 Å². The fourth-order valence-electron chi connectivity index (χ4n) is 3.80. The van der Waals surface area contributed by atoms with E-state index in [9.17, 15) is 0 Å². The highest BCUT2D eigenvalue weighted by molar-refractivity contribution is 7.41. The fraction of sp³-hybridized carbons (Fsp3) is 0. The third-order valence-electron chi connectivity index (χ3n) is 5.20. The lowest BCUT2D eigenvalue weighted by molar-refractivity contribution is 0.644. The van der Waals surface area contributed by atoms with Crippen molar-refractivity contribution in [1.82, 2.24) is 0 Å². The third kappa shape index (κ3) is 2.64. The Morgan fingerprint density at radius 1 is 0.536 bits per heavy atom. The van der Waals surface area contributed by atoms with E-state index in [2.05, 4.69) is 85.6 Å². The van der Waals surface area contributed by atoms with Gasteiger partial charge < -0.3 is 8.39 Å². The zero-order chi connectivity index (χ0) is 18.5. The zero-order valence-corrected chi connectivity index (χ0v) is 15.9. The quantitative estimate of drug-likeness (QED) is 0.297. The number of fused-ring (bicyclic) bond motifs is 5. The molecule has 0 aliphatic heterocycles. The molecule has 3 heteroatoms. The average Bonchev–Trinajstić information content (AvgIpc) is 3.22. The smallest absolute Gasteiger partial charge is 0.225 e. The molecule has 2 nitrogen and oxygen atoms in total. The summed E-state index contributed by atoms with van der Waals surface area (Å²) < 4.78 is 12.9. The Labute approximate surface area is 164 Å². The van der Waals surface area contributed by atoms with Crippen LogP contribution in [0.4, 0.5) is 0 Å². The van der Waals surface area contributed by atoms with Crippen LogP contribution in [0.1, 0.15) is 0 Å². The average molecular weight is 379 g/mol. The molecule has 0 N–H and O–H groups in total. The molecule has 1 heterocycles. The summed E-state index contributed by atoms with van der Waals surface area (Å²) >= 11 is 0. The Balaban J connectivity index is 1.80. The summed E-state index contributed by atoms with van der Waals surface area (Å²) in [6.07, 6.45) is 8.19. The van der Waals surface area contributed by atoms with E-state index in [1.807, 2.05) is 12.8 Å². The molecule has 1 fully saturated rings. The fourth-order valence-corrected chi connectivity index (χ4v) is 5.12. The van der Waals surface area contributed by atoms with Crippen molar-refractivity contribution < 1.29 is 8.39 Å². The van der Waals surface area contributed by atoms with Gasteiger partial charge in [0, 0.05) is 10.8 Å². The van der Waals surface area contributed by atoms with E-state index >= 15 is 0 Å². The second-order valence-corrected chi connectivity index (χ2v) is 8.37. The highest BCUT2D eigenvalue weighted by Gasteiger charge is 2.24. The predicted octanol–water partition coefficient (Wildman–Crippen LogP) is 7.81. The molecule has 1 aliphatic rings. The molecule has 0 amide bonds. The molecule has 1 aliphatic carbocycles. The SMILES string of the molecule is [CH]1[CH][CH][C](p2oc3cc4ccccc4cc3c3cc4ccccc4cc3o2)[CH]1. The molecule has 0 spiro atoms. The van der Waals surface area contributed by atoms with Crippen LogP contribution in [0.15, 0.2) is 81.2 Å². The number of rotatable bonds is 1. The lowest BCUT2D eigenvalue weighted by Gasteiger charge is -2.03. The van der Waals surface area contributed by atoms with Crippen LogP contribution in [0, 0.1) is 31.3 Å². The molecule has 0 unspecified atom stereocenters. The second kappa shape index (κ2) is 6.43.